The molecule has 21 heavy (non-hydrogen) atoms. The fraction of sp³-hybridized carbons (Fsp3) is 0.333. The molecule has 0 fully saturated rings. The Morgan fingerprint density at radius 1 is 1.10 bits per heavy atom. The van der Waals surface area contributed by atoms with Crippen LogP contribution in [-0.4, -0.2) is 12.2 Å². The second kappa shape index (κ2) is 6.08. The summed E-state index contributed by atoms with van der Waals surface area (Å²) in [6, 6.07) is 13.3. The summed E-state index contributed by atoms with van der Waals surface area (Å²) in [5.41, 5.74) is 2.78. The van der Waals surface area contributed by atoms with Crippen LogP contribution in [0.2, 0.25) is 5.02 Å². The molecule has 112 valence electrons. The summed E-state index contributed by atoms with van der Waals surface area (Å²) in [7, 11) is 1.57. The van der Waals surface area contributed by atoms with Crippen molar-refractivity contribution in [1.29, 1.82) is 0 Å². The molecular weight excluding hydrogens is 284 g/mol. The average Bonchev–Trinajstić information content (AvgIpc) is 2.46. The lowest BCUT2D eigenvalue weighted by molar-refractivity contribution is 0.217. The number of ether oxygens (including phenoxy) is 1. The van der Waals surface area contributed by atoms with Crippen LogP contribution in [0.5, 0.6) is 5.75 Å². The van der Waals surface area contributed by atoms with Crippen molar-refractivity contribution in [3.8, 4) is 5.75 Å². The second-order valence-electron chi connectivity index (χ2n) is 6.13. The number of aliphatic hydroxyl groups is 1. The van der Waals surface area contributed by atoms with Gasteiger partial charge in [0.1, 0.15) is 11.9 Å². The molecule has 0 aliphatic heterocycles. The smallest absolute Gasteiger partial charge is 0.137 e. The van der Waals surface area contributed by atoms with E-state index < -0.39 is 6.10 Å². The van der Waals surface area contributed by atoms with E-state index in [1.54, 1.807) is 19.2 Å². The van der Waals surface area contributed by atoms with Crippen molar-refractivity contribution in [3.05, 3.63) is 64.2 Å². The van der Waals surface area contributed by atoms with E-state index in [0.29, 0.717) is 10.8 Å². The summed E-state index contributed by atoms with van der Waals surface area (Å²) < 4.78 is 5.23. The first kappa shape index (κ1) is 15.9. The van der Waals surface area contributed by atoms with Gasteiger partial charge in [0.15, 0.2) is 0 Å². The Balaban J connectivity index is 2.48. The highest BCUT2D eigenvalue weighted by atomic mass is 35.5. The quantitative estimate of drug-likeness (QED) is 0.888. The van der Waals surface area contributed by atoms with Crippen molar-refractivity contribution in [1.82, 2.24) is 0 Å². The van der Waals surface area contributed by atoms with E-state index in [2.05, 4.69) is 26.8 Å². The first-order valence-electron chi connectivity index (χ1n) is 6.95. The minimum absolute atomic E-state index is 0.0336. The highest BCUT2D eigenvalue weighted by Gasteiger charge is 2.22. The Kier molecular flexibility index (Phi) is 4.60. The molecule has 0 aliphatic rings. The number of aliphatic hydroxyl groups excluding tert-OH is 1. The maximum Gasteiger partial charge on any atom is 0.137 e. The van der Waals surface area contributed by atoms with Gasteiger partial charge in [-0.1, -0.05) is 62.7 Å². The third kappa shape index (κ3) is 3.39. The fourth-order valence-electron chi connectivity index (χ4n) is 2.44. The number of hydrogen-bond acceptors (Lipinski definition) is 2. The standard InChI is InChI=1S/C18H21ClO2/c1-18(2,3)14-8-6-5-7-13(14)17(20)12-9-10-15(19)16(11-12)21-4/h5-11,17,20H,1-4H3. The largest absolute Gasteiger partial charge is 0.495 e. The van der Waals surface area contributed by atoms with Crippen LogP contribution < -0.4 is 4.74 Å². The number of hydrogen-bond donors (Lipinski definition) is 1. The van der Waals surface area contributed by atoms with Crippen LogP contribution in [-0.2, 0) is 5.41 Å². The molecule has 0 heterocycles. The van der Waals surface area contributed by atoms with E-state index in [1.165, 1.54) is 0 Å². The molecular formula is C18H21ClO2. The van der Waals surface area contributed by atoms with Crippen molar-refractivity contribution < 1.29 is 9.84 Å². The fourth-order valence-corrected chi connectivity index (χ4v) is 2.64. The monoisotopic (exact) mass is 304 g/mol. The lowest BCUT2D eigenvalue weighted by atomic mass is 9.81. The van der Waals surface area contributed by atoms with Crippen molar-refractivity contribution in [2.45, 2.75) is 32.3 Å². The van der Waals surface area contributed by atoms with Crippen LogP contribution in [0.3, 0.4) is 0 Å². The molecule has 1 atom stereocenters. The molecule has 0 radical (unpaired) electrons. The van der Waals surface area contributed by atoms with Gasteiger partial charge in [0, 0.05) is 0 Å². The molecule has 0 bridgehead atoms. The van der Waals surface area contributed by atoms with E-state index in [-0.39, 0.29) is 5.41 Å². The first-order chi connectivity index (χ1) is 9.84. The zero-order chi connectivity index (χ0) is 15.6. The Hall–Kier alpha value is -1.51. The summed E-state index contributed by atoms with van der Waals surface area (Å²) in [6.07, 6.45) is -0.702. The molecule has 1 unspecified atom stereocenters. The van der Waals surface area contributed by atoms with Crippen LogP contribution in [0.1, 0.15) is 43.6 Å². The normalized spacial score (nSPS) is 13.0. The van der Waals surface area contributed by atoms with Gasteiger partial charge in [-0.2, -0.15) is 0 Å². The lowest BCUT2D eigenvalue weighted by Crippen LogP contribution is -2.16. The van der Waals surface area contributed by atoms with E-state index in [4.69, 9.17) is 16.3 Å². The van der Waals surface area contributed by atoms with Crippen LogP contribution in [0.4, 0.5) is 0 Å². The predicted octanol–water partition coefficient (Wildman–Crippen LogP) is 4.73. The van der Waals surface area contributed by atoms with Gasteiger partial charge in [0.05, 0.1) is 12.1 Å². The lowest BCUT2D eigenvalue weighted by Gasteiger charge is -2.25. The summed E-state index contributed by atoms with van der Waals surface area (Å²) in [5.74, 6) is 0.571. The van der Waals surface area contributed by atoms with E-state index in [9.17, 15) is 5.11 Å². The maximum atomic E-state index is 10.7. The van der Waals surface area contributed by atoms with Gasteiger partial charge < -0.3 is 9.84 Å². The summed E-state index contributed by atoms with van der Waals surface area (Å²) >= 11 is 6.04. The average molecular weight is 305 g/mol. The molecule has 3 heteroatoms. The van der Waals surface area contributed by atoms with E-state index in [0.717, 1.165) is 16.7 Å². The third-order valence-corrected chi connectivity index (χ3v) is 3.87. The highest BCUT2D eigenvalue weighted by Crippen LogP contribution is 2.35. The molecule has 0 aliphatic carbocycles. The first-order valence-corrected chi connectivity index (χ1v) is 7.33. The maximum absolute atomic E-state index is 10.7. The van der Waals surface area contributed by atoms with Gasteiger partial charge in [-0.25, -0.2) is 0 Å². The van der Waals surface area contributed by atoms with Crippen LogP contribution >= 0.6 is 11.6 Å². The molecule has 0 amide bonds. The molecule has 2 aromatic carbocycles. The van der Waals surface area contributed by atoms with Crippen LogP contribution in [0, 0.1) is 0 Å². The van der Waals surface area contributed by atoms with Crippen molar-refractivity contribution >= 4 is 11.6 Å². The Labute approximate surface area is 131 Å². The second-order valence-corrected chi connectivity index (χ2v) is 6.54. The van der Waals surface area contributed by atoms with Crippen molar-refractivity contribution in [2.75, 3.05) is 7.11 Å². The minimum Gasteiger partial charge on any atom is -0.495 e. The molecule has 2 rings (SSSR count). The van der Waals surface area contributed by atoms with Crippen molar-refractivity contribution in [2.24, 2.45) is 0 Å². The molecule has 2 nitrogen and oxygen atoms in total. The number of halogens is 1. The Morgan fingerprint density at radius 2 is 1.76 bits per heavy atom. The minimum atomic E-state index is -0.702. The molecule has 2 aromatic rings. The molecule has 0 spiro atoms. The summed E-state index contributed by atoms with van der Waals surface area (Å²) in [6.45, 7) is 6.42. The molecule has 0 saturated heterocycles. The van der Waals surface area contributed by atoms with Crippen LogP contribution in [0.25, 0.3) is 0 Å². The third-order valence-electron chi connectivity index (χ3n) is 3.55. The van der Waals surface area contributed by atoms with Gasteiger partial charge in [-0.05, 0) is 34.2 Å². The van der Waals surface area contributed by atoms with Gasteiger partial charge >= 0.3 is 0 Å². The SMILES string of the molecule is COc1cc(C(O)c2ccccc2C(C)(C)C)ccc1Cl. The summed E-state index contributed by atoms with van der Waals surface area (Å²) in [4.78, 5) is 0. The molecule has 0 saturated carbocycles. The van der Waals surface area contributed by atoms with Crippen molar-refractivity contribution in [3.63, 3.8) is 0 Å². The van der Waals surface area contributed by atoms with Gasteiger partial charge in [0.25, 0.3) is 0 Å². The zero-order valence-electron chi connectivity index (χ0n) is 12.9. The van der Waals surface area contributed by atoms with E-state index >= 15 is 0 Å². The van der Waals surface area contributed by atoms with Crippen LogP contribution in [0.15, 0.2) is 42.5 Å². The Bertz CT molecular complexity index is 629. The molecule has 1 N–H and O–H groups in total. The Morgan fingerprint density at radius 3 is 2.38 bits per heavy atom. The van der Waals surface area contributed by atoms with Gasteiger partial charge in [-0.15, -0.1) is 0 Å². The van der Waals surface area contributed by atoms with Gasteiger partial charge in [0.2, 0.25) is 0 Å². The highest BCUT2D eigenvalue weighted by molar-refractivity contribution is 6.32. The number of rotatable bonds is 3. The van der Waals surface area contributed by atoms with E-state index in [1.807, 2.05) is 24.3 Å². The summed E-state index contributed by atoms with van der Waals surface area (Å²) in [5, 5.41) is 11.3. The molecule has 0 aromatic heterocycles. The van der Waals surface area contributed by atoms with Gasteiger partial charge in [-0.3, -0.25) is 0 Å². The number of benzene rings is 2. The topological polar surface area (TPSA) is 29.5 Å². The number of methoxy groups -OCH3 is 1. The predicted molar refractivity (Wildman–Crippen MR) is 87.2 cm³/mol. The zero-order valence-corrected chi connectivity index (χ0v) is 13.6.